The first-order valence-electron chi connectivity index (χ1n) is 9.45. The molecule has 0 unspecified atom stereocenters. The smallest absolute Gasteiger partial charge is 0.407 e. The van der Waals surface area contributed by atoms with Crippen LogP contribution < -0.4 is 5.32 Å². The van der Waals surface area contributed by atoms with Crippen molar-refractivity contribution in [1.29, 1.82) is 0 Å². The SMILES string of the molecule is CC(C)(C)OC(=O)NC1CCC(c2nnc(Cc3ccc(Cl)c(F)c3)o2)CC1. The maximum absolute atomic E-state index is 13.6. The van der Waals surface area contributed by atoms with Crippen LogP contribution in [0.4, 0.5) is 9.18 Å². The Hall–Kier alpha value is -2.15. The quantitative estimate of drug-likeness (QED) is 0.768. The van der Waals surface area contributed by atoms with Gasteiger partial charge in [0.2, 0.25) is 11.8 Å². The molecule has 8 heteroatoms. The summed E-state index contributed by atoms with van der Waals surface area (Å²) in [4.78, 5) is 11.9. The van der Waals surface area contributed by atoms with E-state index >= 15 is 0 Å². The largest absolute Gasteiger partial charge is 0.444 e. The first kappa shape index (κ1) is 20.6. The second-order valence-corrected chi connectivity index (χ2v) is 8.56. The number of rotatable bonds is 4. The van der Waals surface area contributed by atoms with Crippen LogP contribution in [0.3, 0.4) is 0 Å². The highest BCUT2D eigenvalue weighted by atomic mass is 35.5. The average molecular weight is 410 g/mol. The average Bonchev–Trinajstić information content (AvgIpc) is 3.05. The van der Waals surface area contributed by atoms with Crippen molar-refractivity contribution in [2.75, 3.05) is 0 Å². The summed E-state index contributed by atoms with van der Waals surface area (Å²) in [5.74, 6) is 0.750. The van der Waals surface area contributed by atoms with Gasteiger partial charge in [0.1, 0.15) is 11.4 Å². The van der Waals surface area contributed by atoms with Crippen molar-refractivity contribution < 1.29 is 18.3 Å². The summed E-state index contributed by atoms with van der Waals surface area (Å²) >= 11 is 5.70. The highest BCUT2D eigenvalue weighted by Gasteiger charge is 2.28. The minimum absolute atomic E-state index is 0.0885. The molecule has 0 saturated heterocycles. The van der Waals surface area contributed by atoms with Gasteiger partial charge < -0.3 is 14.5 Å². The number of alkyl carbamates (subject to hydrolysis) is 1. The Kier molecular flexibility index (Phi) is 6.23. The molecule has 0 atom stereocenters. The Morgan fingerprint density at radius 2 is 2.00 bits per heavy atom. The predicted molar refractivity (Wildman–Crippen MR) is 103 cm³/mol. The standard InChI is InChI=1S/C20H25ClFN3O3/c1-20(2,3)28-19(26)23-14-7-5-13(6-8-14)18-25-24-17(27-18)11-12-4-9-15(21)16(22)10-12/h4,9-10,13-14H,5-8,11H2,1-3H3,(H,23,26). The van der Waals surface area contributed by atoms with Crippen LogP contribution in [0.1, 0.15) is 69.7 Å². The maximum Gasteiger partial charge on any atom is 0.407 e. The summed E-state index contributed by atoms with van der Waals surface area (Å²) in [6.07, 6.45) is 3.31. The molecule has 0 bridgehead atoms. The Balaban J connectivity index is 1.51. The summed E-state index contributed by atoms with van der Waals surface area (Å²) in [5, 5.41) is 11.3. The fourth-order valence-electron chi connectivity index (χ4n) is 3.29. The molecular weight excluding hydrogens is 385 g/mol. The van der Waals surface area contributed by atoms with E-state index in [1.807, 2.05) is 20.8 Å². The van der Waals surface area contributed by atoms with Gasteiger partial charge in [-0.1, -0.05) is 17.7 Å². The number of hydrogen-bond donors (Lipinski definition) is 1. The van der Waals surface area contributed by atoms with Crippen molar-refractivity contribution >= 4 is 17.7 Å². The Morgan fingerprint density at radius 1 is 1.29 bits per heavy atom. The summed E-state index contributed by atoms with van der Waals surface area (Å²) < 4.78 is 24.6. The van der Waals surface area contributed by atoms with E-state index in [2.05, 4.69) is 15.5 Å². The molecule has 6 nitrogen and oxygen atoms in total. The molecule has 1 saturated carbocycles. The monoisotopic (exact) mass is 409 g/mol. The zero-order chi connectivity index (χ0) is 20.3. The number of carbonyl (C=O) groups excluding carboxylic acids is 1. The van der Waals surface area contributed by atoms with E-state index in [9.17, 15) is 9.18 Å². The zero-order valence-electron chi connectivity index (χ0n) is 16.3. The summed E-state index contributed by atoms with van der Waals surface area (Å²) in [7, 11) is 0. The number of halogens is 2. The lowest BCUT2D eigenvalue weighted by atomic mass is 9.86. The number of benzene rings is 1. The Labute approximate surface area is 168 Å². The van der Waals surface area contributed by atoms with Crippen LogP contribution >= 0.6 is 11.6 Å². The lowest BCUT2D eigenvalue weighted by molar-refractivity contribution is 0.0490. The van der Waals surface area contributed by atoms with Gasteiger partial charge in [0, 0.05) is 12.0 Å². The van der Waals surface area contributed by atoms with Gasteiger partial charge in [-0.15, -0.1) is 10.2 Å². The first-order chi connectivity index (χ1) is 13.2. The number of carbonyl (C=O) groups is 1. The van der Waals surface area contributed by atoms with Gasteiger partial charge in [0.05, 0.1) is 11.4 Å². The van der Waals surface area contributed by atoms with Crippen molar-refractivity contribution in [3.8, 4) is 0 Å². The molecule has 1 heterocycles. The van der Waals surface area contributed by atoms with Gasteiger partial charge in [0.25, 0.3) is 0 Å². The molecule has 1 N–H and O–H groups in total. The Morgan fingerprint density at radius 3 is 2.64 bits per heavy atom. The summed E-state index contributed by atoms with van der Waals surface area (Å²) in [5.41, 5.74) is 0.219. The van der Waals surface area contributed by atoms with E-state index in [1.54, 1.807) is 6.07 Å². The molecule has 3 rings (SSSR count). The molecule has 1 aromatic carbocycles. The van der Waals surface area contributed by atoms with E-state index in [4.69, 9.17) is 20.8 Å². The van der Waals surface area contributed by atoms with Crippen LogP contribution in [0, 0.1) is 5.82 Å². The number of hydrogen-bond acceptors (Lipinski definition) is 5. The predicted octanol–water partition coefficient (Wildman–Crippen LogP) is 5.00. The zero-order valence-corrected chi connectivity index (χ0v) is 17.1. The summed E-state index contributed by atoms with van der Waals surface area (Å²) in [6, 6.07) is 4.72. The molecule has 0 spiro atoms. The van der Waals surface area contributed by atoms with E-state index in [0.717, 1.165) is 31.2 Å². The van der Waals surface area contributed by atoms with Crippen LogP contribution in [0.5, 0.6) is 0 Å². The van der Waals surface area contributed by atoms with Crippen LogP contribution in [0.2, 0.25) is 5.02 Å². The molecule has 1 amide bonds. The molecule has 2 aromatic rings. The molecule has 1 aliphatic rings. The normalized spacial score (nSPS) is 20.0. The fraction of sp³-hybridized carbons (Fsp3) is 0.550. The molecule has 0 radical (unpaired) electrons. The van der Waals surface area contributed by atoms with Crippen molar-refractivity contribution in [2.24, 2.45) is 0 Å². The number of aromatic nitrogens is 2. The third-order valence-electron chi connectivity index (χ3n) is 4.62. The minimum atomic E-state index is -0.506. The molecule has 1 aliphatic carbocycles. The molecule has 1 fully saturated rings. The number of amides is 1. The van der Waals surface area contributed by atoms with Gasteiger partial charge in [-0.3, -0.25) is 0 Å². The van der Waals surface area contributed by atoms with Crippen molar-refractivity contribution in [2.45, 2.75) is 70.4 Å². The maximum atomic E-state index is 13.6. The van der Waals surface area contributed by atoms with Crippen LogP contribution in [-0.2, 0) is 11.2 Å². The Bertz CT molecular complexity index is 826. The third-order valence-corrected chi connectivity index (χ3v) is 4.93. The van der Waals surface area contributed by atoms with Crippen molar-refractivity contribution in [1.82, 2.24) is 15.5 Å². The lowest BCUT2D eigenvalue weighted by Gasteiger charge is -2.28. The molecule has 1 aromatic heterocycles. The third kappa shape index (κ3) is 5.67. The van der Waals surface area contributed by atoms with E-state index in [0.29, 0.717) is 18.2 Å². The second kappa shape index (κ2) is 8.47. The summed E-state index contributed by atoms with van der Waals surface area (Å²) in [6.45, 7) is 5.53. The second-order valence-electron chi connectivity index (χ2n) is 8.15. The van der Waals surface area contributed by atoms with Crippen molar-refractivity contribution in [3.63, 3.8) is 0 Å². The van der Waals surface area contributed by atoms with Crippen molar-refractivity contribution in [3.05, 3.63) is 46.4 Å². The van der Waals surface area contributed by atoms with Gasteiger partial charge in [-0.05, 0) is 64.2 Å². The molecule has 152 valence electrons. The first-order valence-corrected chi connectivity index (χ1v) is 9.83. The van der Waals surface area contributed by atoms with E-state index < -0.39 is 11.4 Å². The lowest BCUT2D eigenvalue weighted by Crippen LogP contribution is -2.40. The van der Waals surface area contributed by atoms with Crippen LogP contribution in [-0.4, -0.2) is 27.9 Å². The number of nitrogens with one attached hydrogen (secondary N) is 1. The minimum Gasteiger partial charge on any atom is -0.444 e. The molecule has 28 heavy (non-hydrogen) atoms. The number of ether oxygens (including phenoxy) is 1. The number of nitrogens with zero attached hydrogens (tertiary/aromatic N) is 2. The van der Waals surface area contributed by atoms with Gasteiger partial charge >= 0.3 is 6.09 Å². The van der Waals surface area contributed by atoms with E-state index in [-0.39, 0.29) is 23.1 Å². The van der Waals surface area contributed by atoms with Crippen LogP contribution in [0.25, 0.3) is 0 Å². The highest BCUT2D eigenvalue weighted by Crippen LogP contribution is 2.32. The fourth-order valence-corrected chi connectivity index (χ4v) is 3.40. The van der Waals surface area contributed by atoms with Gasteiger partial charge in [-0.25, -0.2) is 9.18 Å². The molecule has 0 aliphatic heterocycles. The van der Waals surface area contributed by atoms with Gasteiger partial charge in [0.15, 0.2) is 0 Å². The van der Waals surface area contributed by atoms with E-state index in [1.165, 1.54) is 12.1 Å². The van der Waals surface area contributed by atoms with Gasteiger partial charge in [-0.2, -0.15) is 0 Å². The molecular formula is C20H25ClFN3O3. The van der Waals surface area contributed by atoms with Crippen LogP contribution in [0.15, 0.2) is 22.6 Å². The topological polar surface area (TPSA) is 77.2 Å². The highest BCUT2D eigenvalue weighted by molar-refractivity contribution is 6.30.